The second-order valence-corrected chi connectivity index (χ2v) is 25.1. The van der Waals surface area contributed by atoms with E-state index in [2.05, 4.69) is 229 Å². The first-order chi connectivity index (χ1) is 27.3. The lowest BCUT2D eigenvalue weighted by Crippen LogP contribution is -2.38. The Balaban J connectivity index is 1.60. The highest BCUT2D eigenvalue weighted by molar-refractivity contribution is 7.80. The van der Waals surface area contributed by atoms with E-state index in [1.807, 2.05) is 0 Å². The Hall–Kier alpha value is -4.02. The largest absolute Gasteiger partial charge is 0.455 e. The molecule has 6 aromatic carbocycles. The van der Waals surface area contributed by atoms with Gasteiger partial charge in [0.15, 0.2) is 0 Å². The summed E-state index contributed by atoms with van der Waals surface area (Å²) in [4.78, 5) is 0. The second-order valence-electron chi connectivity index (χ2n) is 20.7. The molecule has 0 N–H and O–H groups in total. The molecule has 1 aliphatic rings. The minimum absolute atomic E-state index is 0.0715. The summed E-state index contributed by atoms with van der Waals surface area (Å²) < 4.78 is 7.89. The van der Waals surface area contributed by atoms with E-state index in [4.69, 9.17) is 4.74 Å². The van der Waals surface area contributed by atoms with Gasteiger partial charge < -0.3 is 4.74 Å². The van der Waals surface area contributed by atoms with Gasteiger partial charge >= 0.3 is 0 Å². The minimum Gasteiger partial charge on any atom is -0.455 e. The Bertz CT molecular complexity index is 2270. The highest BCUT2D eigenvalue weighted by atomic mass is 31.1. The summed E-state index contributed by atoms with van der Waals surface area (Å²) in [5.41, 5.74) is 5.17. The maximum atomic E-state index is 7.89. The van der Waals surface area contributed by atoms with Gasteiger partial charge in [-0.05, 0) is 94.8 Å². The van der Waals surface area contributed by atoms with E-state index in [0.29, 0.717) is 0 Å². The fourth-order valence-corrected chi connectivity index (χ4v) is 14.8. The van der Waals surface area contributed by atoms with Gasteiger partial charge in [-0.25, -0.2) is 0 Å². The number of benzene rings is 6. The van der Waals surface area contributed by atoms with Crippen LogP contribution in [0.4, 0.5) is 0 Å². The van der Waals surface area contributed by atoms with Crippen molar-refractivity contribution in [2.75, 3.05) is 0 Å². The molecule has 0 unspecified atom stereocenters. The lowest BCUT2D eigenvalue weighted by molar-refractivity contribution is 0.279. The minimum atomic E-state index is -0.969. The molecule has 0 bridgehead atoms. The normalized spacial score (nSPS) is 14.2. The van der Waals surface area contributed by atoms with Crippen LogP contribution in [-0.2, 0) is 16.2 Å². The zero-order chi connectivity index (χ0) is 41.7. The van der Waals surface area contributed by atoms with E-state index < -0.39 is 15.8 Å². The Morgan fingerprint density at radius 2 is 0.845 bits per heavy atom. The van der Waals surface area contributed by atoms with Crippen LogP contribution in [0.2, 0.25) is 0 Å². The molecule has 3 heteroatoms. The molecule has 1 heterocycles. The Morgan fingerprint density at radius 1 is 0.448 bits per heavy atom. The standard InChI is InChI=1S/C55H64OP2/c1-51(2,3)37-53(7,8)39-35-45-49(47(36-39)58(42-29-21-15-22-30-42)43-31-23-16-24-32-43)56-50-46(57(40-25-17-13-18-26-40)41-27-19-14-20-28-41)34-33-44(48(50)55(45,11)12)54(9,10)38-52(4,5)6/h13-36H,37-38H2,1-12H3. The first-order valence-electron chi connectivity index (χ1n) is 21.1. The van der Waals surface area contributed by atoms with Crippen molar-refractivity contribution in [2.45, 2.75) is 112 Å². The van der Waals surface area contributed by atoms with Crippen molar-refractivity contribution in [1.82, 2.24) is 0 Å². The number of ether oxygens (including phenoxy) is 1. The molecule has 58 heavy (non-hydrogen) atoms. The summed E-state index contributed by atoms with van der Waals surface area (Å²) in [7, 11) is -1.91. The highest BCUT2D eigenvalue weighted by Gasteiger charge is 2.45. The second kappa shape index (κ2) is 15.9. The lowest BCUT2D eigenvalue weighted by Gasteiger charge is -2.44. The smallest absolute Gasteiger partial charge is 0.140 e. The third-order valence-corrected chi connectivity index (χ3v) is 16.6. The van der Waals surface area contributed by atoms with Gasteiger partial charge in [0.2, 0.25) is 0 Å². The Morgan fingerprint density at radius 3 is 1.26 bits per heavy atom. The summed E-state index contributed by atoms with van der Waals surface area (Å²) in [6.45, 7) is 29.0. The van der Waals surface area contributed by atoms with Crippen molar-refractivity contribution in [1.29, 1.82) is 0 Å². The summed E-state index contributed by atoms with van der Waals surface area (Å²) in [5.74, 6) is 2.09. The summed E-state index contributed by atoms with van der Waals surface area (Å²) in [6, 6.07) is 54.6. The third kappa shape index (κ3) is 8.65. The van der Waals surface area contributed by atoms with Crippen molar-refractivity contribution in [2.24, 2.45) is 10.8 Å². The molecule has 0 aromatic heterocycles. The van der Waals surface area contributed by atoms with Crippen LogP contribution in [0, 0.1) is 10.8 Å². The van der Waals surface area contributed by atoms with Crippen molar-refractivity contribution in [3.63, 3.8) is 0 Å². The van der Waals surface area contributed by atoms with Crippen LogP contribution < -0.4 is 36.6 Å². The molecule has 6 aromatic rings. The summed E-state index contributed by atoms with van der Waals surface area (Å²) >= 11 is 0. The van der Waals surface area contributed by atoms with Gasteiger partial charge in [-0.15, -0.1) is 0 Å². The van der Waals surface area contributed by atoms with E-state index in [1.54, 1.807) is 0 Å². The molecule has 0 saturated heterocycles. The van der Waals surface area contributed by atoms with Crippen LogP contribution in [0.5, 0.6) is 11.5 Å². The maximum absolute atomic E-state index is 7.89. The van der Waals surface area contributed by atoms with Gasteiger partial charge in [0.1, 0.15) is 11.5 Å². The molecule has 0 fully saturated rings. The number of hydrogen-bond donors (Lipinski definition) is 0. The Labute approximate surface area is 353 Å². The molecule has 0 spiro atoms. The third-order valence-electron chi connectivity index (χ3n) is 11.7. The predicted molar refractivity (Wildman–Crippen MR) is 257 cm³/mol. The topological polar surface area (TPSA) is 9.23 Å². The van der Waals surface area contributed by atoms with Crippen LogP contribution >= 0.6 is 15.8 Å². The van der Waals surface area contributed by atoms with Crippen LogP contribution in [0.1, 0.15) is 118 Å². The van der Waals surface area contributed by atoms with Gasteiger partial charge in [0.05, 0.1) is 0 Å². The van der Waals surface area contributed by atoms with Gasteiger partial charge in [0, 0.05) is 27.2 Å². The molecule has 7 rings (SSSR count). The molecular weight excluding hydrogens is 739 g/mol. The van der Waals surface area contributed by atoms with E-state index in [1.165, 1.54) is 54.1 Å². The quantitative estimate of drug-likeness (QED) is 0.125. The molecule has 0 aliphatic carbocycles. The fourth-order valence-electron chi connectivity index (χ4n) is 10.0. The maximum Gasteiger partial charge on any atom is 0.140 e. The van der Waals surface area contributed by atoms with Crippen molar-refractivity contribution in [3.05, 3.63) is 168 Å². The zero-order valence-electron chi connectivity index (χ0n) is 37.1. The first-order valence-corrected chi connectivity index (χ1v) is 23.8. The SMILES string of the molecule is CC(C)(C)CC(C)(C)c1cc(P(c2ccccc2)c2ccccc2)c2c(c1)C(C)(C)c1c(C(C)(C)CC(C)(C)C)ccc(P(c3ccccc3)c3ccccc3)c1O2. The summed E-state index contributed by atoms with van der Waals surface area (Å²) in [5, 5.41) is 7.91. The van der Waals surface area contributed by atoms with E-state index in [0.717, 1.165) is 24.3 Å². The number of rotatable bonds is 10. The molecule has 0 saturated carbocycles. The highest BCUT2D eigenvalue weighted by Crippen LogP contribution is 2.56. The number of hydrogen-bond acceptors (Lipinski definition) is 1. The van der Waals surface area contributed by atoms with Crippen molar-refractivity contribution in [3.8, 4) is 11.5 Å². The molecule has 300 valence electrons. The van der Waals surface area contributed by atoms with Crippen LogP contribution in [0.15, 0.2) is 146 Å². The molecular formula is C55H64OP2. The average Bonchev–Trinajstić information content (AvgIpc) is 3.15. The van der Waals surface area contributed by atoms with Gasteiger partial charge in [-0.1, -0.05) is 217 Å². The van der Waals surface area contributed by atoms with Crippen molar-refractivity contribution >= 4 is 47.7 Å². The molecule has 0 atom stereocenters. The first kappa shape index (κ1) is 42.1. The fraction of sp³-hybridized carbons (Fsp3) is 0.345. The van der Waals surface area contributed by atoms with E-state index in [9.17, 15) is 0 Å². The molecule has 0 amide bonds. The van der Waals surface area contributed by atoms with E-state index in [-0.39, 0.29) is 27.1 Å². The van der Waals surface area contributed by atoms with Gasteiger partial charge in [-0.3, -0.25) is 0 Å². The van der Waals surface area contributed by atoms with Gasteiger partial charge in [-0.2, -0.15) is 0 Å². The summed E-state index contributed by atoms with van der Waals surface area (Å²) in [6.07, 6.45) is 2.12. The van der Waals surface area contributed by atoms with Crippen LogP contribution in [-0.4, -0.2) is 0 Å². The van der Waals surface area contributed by atoms with E-state index >= 15 is 0 Å². The number of fused-ring (bicyclic) bond motifs is 2. The molecule has 0 radical (unpaired) electrons. The average molecular weight is 803 g/mol. The zero-order valence-corrected chi connectivity index (χ0v) is 38.9. The molecule has 1 nitrogen and oxygen atoms in total. The monoisotopic (exact) mass is 802 g/mol. The Kier molecular flexibility index (Phi) is 11.5. The molecule has 1 aliphatic heterocycles. The predicted octanol–water partition coefficient (Wildman–Crippen LogP) is 13.1. The van der Waals surface area contributed by atoms with Crippen molar-refractivity contribution < 1.29 is 4.74 Å². The lowest BCUT2D eigenvalue weighted by atomic mass is 9.64. The van der Waals surface area contributed by atoms with Gasteiger partial charge in [0.25, 0.3) is 0 Å². The van der Waals surface area contributed by atoms with Crippen LogP contribution in [0.3, 0.4) is 0 Å². The van der Waals surface area contributed by atoms with Crippen LogP contribution in [0.25, 0.3) is 0 Å².